The van der Waals surface area contributed by atoms with Crippen LogP contribution < -0.4 is 11.2 Å². The molecule has 3 rings (SSSR count). The summed E-state index contributed by atoms with van der Waals surface area (Å²) in [7, 11) is 3.08. The summed E-state index contributed by atoms with van der Waals surface area (Å²) in [6.45, 7) is 7.70. The summed E-state index contributed by atoms with van der Waals surface area (Å²) < 4.78 is 4.30. The first-order valence-corrected chi connectivity index (χ1v) is 10.3. The van der Waals surface area contributed by atoms with E-state index >= 15 is 0 Å². The Morgan fingerprint density at radius 2 is 1.96 bits per heavy atom. The third kappa shape index (κ3) is 3.56. The molecule has 0 radical (unpaired) electrons. The molecular formula is C18H27N5O3S. The number of aryl methyl sites for hydroxylation is 1. The Kier molecular flexibility index (Phi) is 5.50. The number of rotatable bonds is 4. The zero-order valence-electron chi connectivity index (χ0n) is 16.6. The first-order valence-electron chi connectivity index (χ1n) is 9.30. The maximum absolute atomic E-state index is 12.7. The highest BCUT2D eigenvalue weighted by Gasteiger charge is 2.24. The second-order valence-electron chi connectivity index (χ2n) is 7.61. The van der Waals surface area contributed by atoms with Gasteiger partial charge in [0.05, 0.1) is 5.75 Å². The zero-order chi connectivity index (χ0) is 19.9. The number of fused-ring (bicyclic) bond motifs is 1. The monoisotopic (exact) mass is 393 g/mol. The second-order valence-corrected chi connectivity index (χ2v) is 8.55. The third-order valence-corrected chi connectivity index (χ3v) is 6.05. The van der Waals surface area contributed by atoms with Gasteiger partial charge in [0.25, 0.3) is 5.56 Å². The number of hydrogen-bond donors (Lipinski definition) is 0. The molecule has 148 valence electrons. The van der Waals surface area contributed by atoms with Gasteiger partial charge < -0.3 is 9.47 Å². The minimum Gasteiger partial charge on any atom is -0.342 e. The molecule has 0 saturated carbocycles. The number of likely N-dealkylation sites (tertiary alicyclic amines) is 1. The van der Waals surface area contributed by atoms with Crippen molar-refractivity contribution in [2.75, 3.05) is 18.8 Å². The van der Waals surface area contributed by atoms with Crippen molar-refractivity contribution in [1.29, 1.82) is 0 Å². The average molecular weight is 394 g/mol. The number of piperidine rings is 1. The molecule has 2 aromatic rings. The van der Waals surface area contributed by atoms with Crippen LogP contribution in [0.25, 0.3) is 11.2 Å². The fourth-order valence-corrected chi connectivity index (χ4v) is 4.64. The molecule has 2 aromatic heterocycles. The summed E-state index contributed by atoms with van der Waals surface area (Å²) >= 11 is 1.33. The van der Waals surface area contributed by atoms with Crippen molar-refractivity contribution < 1.29 is 4.79 Å². The van der Waals surface area contributed by atoms with Gasteiger partial charge in [0, 0.05) is 33.2 Å². The highest BCUT2D eigenvalue weighted by atomic mass is 32.2. The molecule has 27 heavy (non-hydrogen) atoms. The first kappa shape index (κ1) is 19.7. The van der Waals surface area contributed by atoms with Gasteiger partial charge in [0.15, 0.2) is 16.3 Å². The predicted octanol–water partition coefficient (Wildman–Crippen LogP) is 1.37. The van der Waals surface area contributed by atoms with Crippen molar-refractivity contribution in [2.45, 2.75) is 44.8 Å². The molecule has 1 aliphatic rings. The van der Waals surface area contributed by atoms with E-state index in [0.29, 0.717) is 22.2 Å². The van der Waals surface area contributed by atoms with E-state index in [4.69, 9.17) is 0 Å². The molecule has 9 heteroatoms. The van der Waals surface area contributed by atoms with Crippen LogP contribution in [0.5, 0.6) is 0 Å². The van der Waals surface area contributed by atoms with Gasteiger partial charge in [-0.15, -0.1) is 0 Å². The minimum atomic E-state index is -0.407. The maximum Gasteiger partial charge on any atom is 0.332 e. The molecular weight excluding hydrogens is 366 g/mol. The number of carbonyl (C=O) groups is 1. The molecule has 0 N–H and O–H groups in total. The van der Waals surface area contributed by atoms with Crippen molar-refractivity contribution in [3.63, 3.8) is 0 Å². The molecule has 3 heterocycles. The van der Waals surface area contributed by atoms with Crippen LogP contribution in [0.4, 0.5) is 0 Å². The van der Waals surface area contributed by atoms with Crippen LogP contribution in [0.3, 0.4) is 0 Å². The van der Waals surface area contributed by atoms with Gasteiger partial charge >= 0.3 is 5.69 Å². The number of nitrogens with zero attached hydrogens (tertiary/aromatic N) is 5. The SMILES string of the molecule is CC(C)n1c(SCC(=O)N2CCC[C@H](C)C2)nc2c1c(=O)n(C)c(=O)n2C. The molecule has 1 atom stereocenters. The third-order valence-electron chi connectivity index (χ3n) is 5.11. The van der Waals surface area contributed by atoms with E-state index in [9.17, 15) is 14.4 Å². The second kappa shape index (κ2) is 7.53. The molecule has 1 aliphatic heterocycles. The van der Waals surface area contributed by atoms with Crippen molar-refractivity contribution in [3.8, 4) is 0 Å². The van der Waals surface area contributed by atoms with Crippen LogP contribution in [0, 0.1) is 5.92 Å². The van der Waals surface area contributed by atoms with Crippen LogP contribution >= 0.6 is 11.8 Å². The average Bonchev–Trinajstić information content (AvgIpc) is 3.02. The Hall–Kier alpha value is -2.03. The van der Waals surface area contributed by atoms with Crippen molar-refractivity contribution in [2.24, 2.45) is 20.0 Å². The molecule has 0 aromatic carbocycles. The fraction of sp³-hybridized carbons (Fsp3) is 0.667. The Bertz CT molecular complexity index is 988. The molecule has 0 aliphatic carbocycles. The van der Waals surface area contributed by atoms with Gasteiger partial charge in [0.1, 0.15) is 0 Å². The smallest absolute Gasteiger partial charge is 0.332 e. The quantitative estimate of drug-likeness (QED) is 0.733. The lowest BCUT2D eigenvalue weighted by Gasteiger charge is -2.30. The molecule has 0 spiro atoms. The summed E-state index contributed by atoms with van der Waals surface area (Å²) in [5, 5.41) is 0.594. The van der Waals surface area contributed by atoms with E-state index in [1.165, 1.54) is 23.4 Å². The zero-order valence-corrected chi connectivity index (χ0v) is 17.4. The fourth-order valence-electron chi connectivity index (χ4n) is 3.61. The number of hydrogen-bond acceptors (Lipinski definition) is 5. The topological polar surface area (TPSA) is 82.1 Å². The van der Waals surface area contributed by atoms with Crippen molar-refractivity contribution >= 4 is 28.8 Å². The molecule has 1 fully saturated rings. The summed E-state index contributed by atoms with van der Waals surface area (Å²) in [5.41, 5.74) is -0.0114. The van der Waals surface area contributed by atoms with Crippen LogP contribution in [0.1, 0.15) is 39.7 Å². The van der Waals surface area contributed by atoms with E-state index in [2.05, 4.69) is 11.9 Å². The lowest BCUT2D eigenvalue weighted by Crippen LogP contribution is -2.40. The number of thioether (sulfide) groups is 1. The number of carbonyl (C=O) groups excluding carboxylic acids is 1. The number of aromatic nitrogens is 4. The van der Waals surface area contributed by atoms with Crippen LogP contribution in [-0.4, -0.2) is 48.3 Å². The van der Waals surface area contributed by atoms with Crippen LogP contribution in [0.15, 0.2) is 14.7 Å². The van der Waals surface area contributed by atoms with Gasteiger partial charge in [-0.25, -0.2) is 9.78 Å². The van der Waals surface area contributed by atoms with Gasteiger partial charge in [-0.1, -0.05) is 18.7 Å². The molecule has 1 saturated heterocycles. The van der Waals surface area contributed by atoms with E-state index in [0.717, 1.165) is 30.5 Å². The molecule has 8 nitrogen and oxygen atoms in total. The van der Waals surface area contributed by atoms with Gasteiger partial charge in [-0.3, -0.25) is 18.7 Å². The summed E-state index contributed by atoms with van der Waals surface area (Å²) in [6.07, 6.45) is 2.21. The summed E-state index contributed by atoms with van der Waals surface area (Å²) in [5.74, 6) is 0.901. The van der Waals surface area contributed by atoms with Crippen LogP contribution in [0.2, 0.25) is 0 Å². The Balaban J connectivity index is 1.95. The lowest BCUT2D eigenvalue weighted by molar-refractivity contribution is -0.130. The number of amides is 1. The summed E-state index contributed by atoms with van der Waals surface area (Å²) in [4.78, 5) is 43.9. The van der Waals surface area contributed by atoms with Crippen LogP contribution in [-0.2, 0) is 18.9 Å². The van der Waals surface area contributed by atoms with E-state index in [1.807, 2.05) is 23.3 Å². The normalized spacial score (nSPS) is 17.9. The highest BCUT2D eigenvalue weighted by molar-refractivity contribution is 7.99. The Morgan fingerprint density at radius 3 is 2.59 bits per heavy atom. The largest absolute Gasteiger partial charge is 0.342 e. The molecule has 0 unspecified atom stereocenters. The van der Waals surface area contributed by atoms with E-state index in [1.54, 1.807) is 7.05 Å². The van der Waals surface area contributed by atoms with Gasteiger partial charge in [0.2, 0.25) is 5.91 Å². The Morgan fingerprint density at radius 1 is 1.26 bits per heavy atom. The van der Waals surface area contributed by atoms with E-state index in [-0.39, 0.29) is 23.3 Å². The minimum absolute atomic E-state index is 0.0205. The Labute approximate surface area is 162 Å². The predicted molar refractivity (Wildman–Crippen MR) is 106 cm³/mol. The lowest BCUT2D eigenvalue weighted by atomic mass is 10.0. The summed E-state index contributed by atoms with van der Waals surface area (Å²) in [6, 6.07) is -0.0205. The number of imidazole rings is 1. The maximum atomic E-state index is 12.7. The molecule has 0 bridgehead atoms. The highest BCUT2D eigenvalue weighted by Crippen LogP contribution is 2.26. The van der Waals surface area contributed by atoms with Crippen molar-refractivity contribution in [1.82, 2.24) is 23.6 Å². The van der Waals surface area contributed by atoms with Gasteiger partial charge in [-0.2, -0.15) is 0 Å². The first-order chi connectivity index (χ1) is 12.7. The molecule has 1 amide bonds. The van der Waals surface area contributed by atoms with Crippen molar-refractivity contribution in [3.05, 3.63) is 20.8 Å². The van der Waals surface area contributed by atoms with E-state index < -0.39 is 5.69 Å². The van der Waals surface area contributed by atoms with Gasteiger partial charge in [-0.05, 0) is 32.6 Å². The standard InChI is InChI=1S/C18H27N5O3S/c1-11(2)23-14-15(20(4)18(26)21(5)16(14)25)19-17(23)27-10-13(24)22-8-6-7-12(3)9-22/h11-12H,6-10H2,1-5H3/t12-/m0/s1.